The first kappa shape index (κ1) is 11.8. The van der Waals surface area contributed by atoms with Crippen LogP contribution in [0.15, 0.2) is 30.3 Å². The smallest absolute Gasteiger partial charge is 0.123 e. The number of hydrogen-bond donors (Lipinski definition) is 0. The van der Waals surface area contributed by atoms with Gasteiger partial charge in [0, 0.05) is 9.75 Å². The van der Waals surface area contributed by atoms with Crippen LogP contribution >= 0.6 is 27.3 Å². The van der Waals surface area contributed by atoms with Gasteiger partial charge in [-0.2, -0.15) is 0 Å². The second-order valence-corrected chi connectivity index (χ2v) is 6.16. The van der Waals surface area contributed by atoms with Crippen molar-refractivity contribution in [2.24, 2.45) is 0 Å². The van der Waals surface area contributed by atoms with Crippen molar-refractivity contribution in [3.63, 3.8) is 0 Å². The molecule has 0 amide bonds. The largest absolute Gasteiger partial charge is 0.207 e. The summed E-state index contributed by atoms with van der Waals surface area (Å²) in [7, 11) is 0. The van der Waals surface area contributed by atoms with Crippen molar-refractivity contribution in [3.8, 4) is 0 Å². The highest BCUT2D eigenvalue weighted by Crippen LogP contribution is 2.36. The van der Waals surface area contributed by atoms with Crippen LogP contribution in [0.1, 0.15) is 25.7 Å². The van der Waals surface area contributed by atoms with E-state index in [1.807, 2.05) is 12.1 Å². The van der Waals surface area contributed by atoms with Gasteiger partial charge in [0.05, 0.1) is 4.83 Å². The van der Waals surface area contributed by atoms with Crippen LogP contribution in [0, 0.1) is 19.7 Å². The van der Waals surface area contributed by atoms with E-state index < -0.39 is 0 Å². The highest BCUT2D eigenvalue weighted by Gasteiger charge is 2.14. The van der Waals surface area contributed by atoms with Crippen LogP contribution in [0.4, 0.5) is 4.39 Å². The SMILES string of the molecule is Cc1cc(C(Br)c2ccc(F)cc2)c(C)s1. The molecule has 0 aliphatic heterocycles. The van der Waals surface area contributed by atoms with Crippen LogP contribution in [-0.4, -0.2) is 0 Å². The molecule has 1 aromatic heterocycles. The summed E-state index contributed by atoms with van der Waals surface area (Å²) in [6, 6.07) is 8.82. The van der Waals surface area contributed by atoms with Gasteiger partial charge in [-0.3, -0.25) is 0 Å². The molecule has 2 aromatic rings. The van der Waals surface area contributed by atoms with Gasteiger partial charge in [0.25, 0.3) is 0 Å². The molecule has 84 valence electrons. The van der Waals surface area contributed by atoms with Crippen LogP contribution in [-0.2, 0) is 0 Å². The lowest BCUT2D eigenvalue weighted by molar-refractivity contribution is 0.627. The van der Waals surface area contributed by atoms with Crippen molar-refractivity contribution in [1.29, 1.82) is 0 Å². The third-order valence-electron chi connectivity index (χ3n) is 2.52. The first-order valence-electron chi connectivity index (χ1n) is 5.04. The normalized spacial score (nSPS) is 12.8. The van der Waals surface area contributed by atoms with Crippen molar-refractivity contribution < 1.29 is 4.39 Å². The fourth-order valence-electron chi connectivity index (χ4n) is 1.71. The van der Waals surface area contributed by atoms with Crippen molar-refractivity contribution in [3.05, 3.63) is 57.0 Å². The summed E-state index contributed by atoms with van der Waals surface area (Å²) in [5, 5.41) is 0. The van der Waals surface area contributed by atoms with E-state index in [1.165, 1.54) is 27.5 Å². The molecule has 2 rings (SSSR count). The monoisotopic (exact) mass is 298 g/mol. The molecule has 1 heterocycles. The molecule has 0 spiro atoms. The molecule has 0 N–H and O–H groups in total. The summed E-state index contributed by atoms with van der Waals surface area (Å²) < 4.78 is 12.8. The third kappa shape index (κ3) is 2.36. The zero-order valence-corrected chi connectivity index (χ0v) is 11.5. The van der Waals surface area contributed by atoms with Crippen molar-refractivity contribution in [1.82, 2.24) is 0 Å². The molecule has 16 heavy (non-hydrogen) atoms. The quantitative estimate of drug-likeness (QED) is 0.685. The maximum atomic E-state index is 12.8. The molecular formula is C13H12BrFS. The molecule has 0 aliphatic rings. The Balaban J connectivity index is 2.35. The summed E-state index contributed by atoms with van der Waals surface area (Å²) in [5.74, 6) is -0.193. The topological polar surface area (TPSA) is 0 Å². The van der Waals surface area contributed by atoms with Gasteiger partial charge in [-0.15, -0.1) is 11.3 Å². The van der Waals surface area contributed by atoms with Gasteiger partial charge in [0.1, 0.15) is 5.82 Å². The highest BCUT2D eigenvalue weighted by atomic mass is 79.9. The van der Waals surface area contributed by atoms with E-state index >= 15 is 0 Å². The van der Waals surface area contributed by atoms with Gasteiger partial charge in [0.2, 0.25) is 0 Å². The fourth-order valence-corrected chi connectivity index (χ4v) is 3.61. The lowest BCUT2D eigenvalue weighted by Crippen LogP contribution is -1.92. The Hall–Kier alpha value is -0.670. The number of aryl methyl sites for hydroxylation is 2. The Morgan fingerprint density at radius 1 is 1.19 bits per heavy atom. The second-order valence-electron chi connectivity index (χ2n) is 3.78. The molecule has 1 unspecified atom stereocenters. The molecule has 1 aromatic carbocycles. The molecule has 0 saturated carbocycles. The predicted molar refractivity (Wildman–Crippen MR) is 71.0 cm³/mol. The number of halogens is 2. The van der Waals surface area contributed by atoms with Gasteiger partial charge in [-0.25, -0.2) is 4.39 Å². The Bertz CT molecular complexity index is 487. The van der Waals surface area contributed by atoms with Crippen LogP contribution in [0.3, 0.4) is 0 Å². The number of hydrogen-bond acceptors (Lipinski definition) is 1. The summed E-state index contributed by atoms with van der Waals surface area (Å²) in [6.45, 7) is 4.22. The van der Waals surface area contributed by atoms with E-state index in [9.17, 15) is 4.39 Å². The Labute approximate surface area is 107 Å². The highest BCUT2D eigenvalue weighted by molar-refractivity contribution is 9.09. The number of alkyl halides is 1. The molecule has 3 heteroatoms. The van der Waals surface area contributed by atoms with Gasteiger partial charge in [-0.1, -0.05) is 28.1 Å². The fraction of sp³-hybridized carbons (Fsp3) is 0.231. The molecule has 0 bridgehead atoms. The van der Waals surface area contributed by atoms with Crippen LogP contribution in [0.25, 0.3) is 0 Å². The molecule has 0 fully saturated rings. The maximum absolute atomic E-state index is 12.8. The minimum absolute atomic E-state index is 0.151. The lowest BCUT2D eigenvalue weighted by atomic mass is 10.1. The minimum Gasteiger partial charge on any atom is -0.207 e. The van der Waals surface area contributed by atoms with Crippen LogP contribution in [0.2, 0.25) is 0 Å². The van der Waals surface area contributed by atoms with E-state index in [-0.39, 0.29) is 10.6 Å². The van der Waals surface area contributed by atoms with Crippen LogP contribution < -0.4 is 0 Å². The van der Waals surface area contributed by atoms with Gasteiger partial charge < -0.3 is 0 Å². The van der Waals surface area contributed by atoms with E-state index in [2.05, 4.69) is 35.8 Å². The third-order valence-corrected chi connectivity index (χ3v) is 4.52. The van der Waals surface area contributed by atoms with E-state index in [4.69, 9.17) is 0 Å². The van der Waals surface area contributed by atoms with E-state index in [0.29, 0.717) is 0 Å². The zero-order valence-electron chi connectivity index (χ0n) is 9.13. The standard InChI is InChI=1S/C13H12BrFS/c1-8-7-12(9(2)16-8)13(14)10-3-5-11(15)6-4-10/h3-7,13H,1-2H3. The van der Waals surface area contributed by atoms with Crippen molar-refractivity contribution in [2.75, 3.05) is 0 Å². The van der Waals surface area contributed by atoms with Gasteiger partial charge in [-0.05, 0) is 43.2 Å². The number of benzene rings is 1. The first-order valence-corrected chi connectivity index (χ1v) is 6.77. The van der Waals surface area contributed by atoms with Gasteiger partial charge >= 0.3 is 0 Å². The van der Waals surface area contributed by atoms with E-state index in [1.54, 1.807) is 11.3 Å². The summed E-state index contributed by atoms with van der Waals surface area (Å²) in [6.07, 6.45) is 0. The molecule has 0 nitrogen and oxygen atoms in total. The lowest BCUT2D eigenvalue weighted by Gasteiger charge is -2.09. The number of thiophene rings is 1. The molecular weight excluding hydrogens is 287 g/mol. The number of rotatable bonds is 2. The Morgan fingerprint density at radius 3 is 2.31 bits per heavy atom. The molecule has 1 atom stereocenters. The molecule has 0 aliphatic carbocycles. The zero-order chi connectivity index (χ0) is 11.7. The average molecular weight is 299 g/mol. The van der Waals surface area contributed by atoms with Crippen molar-refractivity contribution >= 4 is 27.3 Å². The maximum Gasteiger partial charge on any atom is 0.123 e. The Morgan fingerprint density at radius 2 is 1.81 bits per heavy atom. The molecule has 0 radical (unpaired) electrons. The average Bonchev–Trinajstić information content (AvgIpc) is 2.58. The molecule has 0 saturated heterocycles. The summed E-state index contributed by atoms with van der Waals surface area (Å²) in [5.41, 5.74) is 2.36. The second kappa shape index (κ2) is 4.68. The van der Waals surface area contributed by atoms with Gasteiger partial charge in [0.15, 0.2) is 0 Å². The minimum atomic E-state index is -0.193. The van der Waals surface area contributed by atoms with Crippen molar-refractivity contribution in [2.45, 2.75) is 18.7 Å². The van der Waals surface area contributed by atoms with E-state index in [0.717, 1.165) is 5.56 Å². The predicted octanol–water partition coefficient (Wildman–Crippen LogP) is 4.99. The summed E-state index contributed by atoms with van der Waals surface area (Å²) >= 11 is 5.46. The van der Waals surface area contributed by atoms with Crippen LogP contribution in [0.5, 0.6) is 0 Å². The first-order chi connectivity index (χ1) is 7.58. The summed E-state index contributed by atoms with van der Waals surface area (Å²) in [4.78, 5) is 2.76. The Kier molecular flexibility index (Phi) is 3.45.